The standard InChI is InChI=1S/C29H43N3O6S/c1-5-6-18-32(20-25-16-12-19-39-25)28(35)37-22-24(31-27(34)38-29(2,3)4)15-10-11-17-30-26(33)36-21-23-13-8-7-9-14-23/h7-9,12-14,16,19,24H,5-6,10-11,15,17-18,20-22H2,1-4H3,(H,30,33)(H,31,34)/t24-/m0/s1. The Bertz CT molecular complexity index is 979. The molecule has 0 aliphatic rings. The highest BCUT2D eigenvalue weighted by Crippen LogP contribution is 2.14. The van der Waals surface area contributed by atoms with Crippen LogP contribution in [0, 0.1) is 0 Å². The van der Waals surface area contributed by atoms with Crippen molar-refractivity contribution in [2.45, 2.75) is 84.6 Å². The Morgan fingerprint density at radius 2 is 1.74 bits per heavy atom. The molecule has 2 N–H and O–H groups in total. The Kier molecular flexibility index (Phi) is 14.2. The van der Waals surface area contributed by atoms with Crippen molar-refractivity contribution in [3.8, 4) is 0 Å². The van der Waals surface area contributed by atoms with E-state index in [0.717, 1.165) is 23.3 Å². The summed E-state index contributed by atoms with van der Waals surface area (Å²) in [5, 5.41) is 7.55. The average Bonchev–Trinajstić information content (AvgIpc) is 3.40. The number of carbonyl (C=O) groups is 3. The number of nitrogens with zero attached hydrogens (tertiary/aromatic N) is 1. The van der Waals surface area contributed by atoms with Crippen molar-refractivity contribution < 1.29 is 28.6 Å². The van der Waals surface area contributed by atoms with Crippen LogP contribution in [-0.4, -0.2) is 54.5 Å². The first-order chi connectivity index (χ1) is 18.7. The van der Waals surface area contributed by atoms with Crippen LogP contribution >= 0.6 is 11.3 Å². The van der Waals surface area contributed by atoms with Crippen LogP contribution in [0.2, 0.25) is 0 Å². The first-order valence-electron chi connectivity index (χ1n) is 13.5. The number of carbonyl (C=O) groups excluding carboxylic acids is 3. The monoisotopic (exact) mass is 561 g/mol. The lowest BCUT2D eigenvalue weighted by atomic mass is 10.1. The van der Waals surface area contributed by atoms with E-state index in [1.807, 2.05) is 47.8 Å². The molecule has 3 amide bonds. The molecule has 0 aliphatic carbocycles. The number of nitrogens with one attached hydrogen (secondary N) is 2. The van der Waals surface area contributed by atoms with E-state index in [9.17, 15) is 14.4 Å². The van der Waals surface area contributed by atoms with Gasteiger partial charge >= 0.3 is 18.3 Å². The molecule has 1 heterocycles. The van der Waals surface area contributed by atoms with Crippen molar-refractivity contribution in [2.75, 3.05) is 19.7 Å². The van der Waals surface area contributed by atoms with E-state index in [-0.39, 0.29) is 13.2 Å². The summed E-state index contributed by atoms with van der Waals surface area (Å²) in [5.74, 6) is 0. The minimum Gasteiger partial charge on any atom is -0.447 e. The number of alkyl carbamates (subject to hydrolysis) is 2. The maximum atomic E-state index is 12.9. The SMILES string of the molecule is CCCCN(Cc1cccs1)C(=O)OC[C@H](CCCCNC(=O)OCc1ccccc1)NC(=O)OC(C)(C)C. The largest absolute Gasteiger partial charge is 0.447 e. The highest BCUT2D eigenvalue weighted by molar-refractivity contribution is 7.09. The molecule has 39 heavy (non-hydrogen) atoms. The molecular weight excluding hydrogens is 518 g/mol. The molecule has 2 aromatic rings. The van der Waals surface area contributed by atoms with Crippen LogP contribution in [0.5, 0.6) is 0 Å². The van der Waals surface area contributed by atoms with E-state index in [1.165, 1.54) is 0 Å². The topological polar surface area (TPSA) is 106 Å². The van der Waals surface area contributed by atoms with Gasteiger partial charge in [0.2, 0.25) is 0 Å². The number of hydrogen-bond acceptors (Lipinski definition) is 7. The lowest BCUT2D eigenvalue weighted by Gasteiger charge is -2.25. The molecule has 216 valence electrons. The van der Waals surface area contributed by atoms with E-state index < -0.39 is 29.9 Å². The van der Waals surface area contributed by atoms with Crippen LogP contribution in [0.4, 0.5) is 14.4 Å². The molecule has 0 fully saturated rings. The molecule has 1 atom stereocenters. The third-order valence-electron chi connectivity index (χ3n) is 5.56. The molecule has 0 aliphatic heterocycles. The second-order valence-electron chi connectivity index (χ2n) is 10.3. The van der Waals surface area contributed by atoms with Gasteiger partial charge in [0.25, 0.3) is 0 Å². The highest BCUT2D eigenvalue weighted by atomic mass is 32.1. The molecule has 9 nitrogen and oxygen atoms in total. The Morgan fingerprint density at radius 3 is 2.41 bits per heavy atom. The van der Waals surface area contributed by atoms with Gasteiger partial charge < -0.3 is 29.7 Å². The molecule has 10 heteroatoms. The van der Waals surface area contributed by atoms with E-state index in [1.54, 1.807) is 37.0 Å². The summed E-state index contributed by atoms with van der Waals surface area (Å²) in [6.07, 6.45) is 2.30. The van der Waals surface area contributed by atoms with E-state index in [4.69, 9.17) is 14.2 Å². The van der Waals surface area contributed by atoms with E-state index in [2.05, 4.69) is 17.6 Å². The number of rotatable bonds is 15. The summed E-state index contributed by atoms with van der Waals surface area (Å²) >= 11 is 1.60. The molecule has 0 saturated heterocycles. The molecule has 0 spiro atoms. The van der Waals surface area contributed by atoms with E-state index >= 15 is 0 Å². The summed E-state index contributed by atoms with van der Waals surface area (Å²) < 4.78 is 16.3. The Hall–Kier alpha value is -3.27. The number of hydrogen-bond donors (Lipinski definition) is 2. The first-order valence-corrected chi connectivity index (χ1v) is 14.4. The zero-order chi connectivity index (χ0) is 28.5. The number of ether oxygens (including phenoxy) is 3. The van der Waals surface area contributed by atoms with Crippen LogP contribution in [0.25, 0.3) is 0 Å². The summed E-state index contributed by atoms with van der Waals surface area (Å²) in [6, 6.07) is 13.0. The van der Waals surface area contributed by atoms with Gasteiger partial charge in [0.05, 0.1) is 12.6 Å². The van der Waals surface area contributed by atoms with Crippen LogP contribution in [-0.2, 0) is 27.4 Å². The number of amides is 3. The van der Waals surface area contributed by atoms with Crippen molar-refractivity contribution in [3.63, 3.8) is 0 Å². The molecule has 1 aromatic heterocycles. The van der Waals surface area contributed by atoms with E-state index in [0.29, 0.717) is 38.9 Å². The molecule has 0 saturated carbocycles. The molecule has 0 radical (unpaired) electrons. The normalized spacial score (nSPS) is 11.8. The van der Waals surface area contributed by atoms with Crippen molar-refractivity contribution in [3.05, 3.63) is 58.3 Å². The van der Waals surface area contributed by atoms with Gasteiger partial charge in [-0.1, -0.05) is 49.7 Å². The van der Waals surface area contributed by atoms with Gasteiger partial charge in [-0.05, 0) is 63.5 Å². The van der Waals surface area contributed by atoms with Gasteiger partial charge in [-0.15, -0.1) is 11.3 Å². The molecule has 0 bridgehead atoms. The van der Waals surface area contributed by atoms with Gasteiger partial charge in [0, 0.05) is 18.0 Å². The highest BCUT2D eigenvalue weighted by Gasteiger charge is 2.22. The second-order valence-corrected chi connectivity index (χ2v) is 11.3. The fraction of sp³-hybridized carbons (Fsp3) is 0.552. The Balaban J connectivity index is 1.82. The quantitative estimate of drug-likeness (QED) is 0.191. The molecular formula is C29H43N3O6S. The lowest BCUT2D eigenvalue weighted by Crippen LogP contribution is -2.43. The predicted octanol–water partition coefficient (Wildman–Crippen LogP) is 6.48. The van der Waals surface area contributed by atoms with Crippen LogP contribution in [0.3, 0.4) is 0 Å². The minimum absolute atomic E-state index is 0.0255. The summed E-state index contributed by atoms with van der Waals surface area (Å²) in [5.41, 5.74) is 0.273. The number of unbranched alkanes of at least 4 members (excludes halogenated alkanes) is 2. The molecule has 0 unspecified atom stereocenters. The summed E-state index contributed by atoms with van der Waals surface area (Å²) in [4.78, 5) is 40.1. The third-order valence-corrected chi connectivity index (χ3v) is 6.42. The maximum absolute atomic E-state index is 12.9. The van der Waals surface area contributed by atoms with Crippen LogP contribution < -0.4 is 10.6 Å². The van der Waals surface area contributed by atoms with Gasteiger partial charge in [0.1, 0.15) is 18.8 Å². The molecule has 1 aromatic carbocycles. The lowest BCUT2D eigenvalue weighted by molar-refractivity contribution is 0.0444. The summed E-state index contributed by atoms with van der Waals surface area (Å²) in [7, 11) is 0. The Labute approximate surface area is 236 Å². The van der Waals surface area contributed by atoms with Crippen molar-refractivity contribution in [1.82, 2.24) is 15.5 Å². The first kappa shape index (κ1) is 31.9. The van der Waals surface area contributed by atoms with Gasteiger partial charge in [-0.25, -0.2) is 14.4 Å². The van der Waals surface area contributed by atoms with Gasteiger partial charge in [-0.2, -0.15) is 0 Å². The zero-order valence-corrected chi connectivity index (χ0v) is 24.4. The Morgan fingerprint density at radius 1 is 0.974 bits per heavy atom. The third kappa shape index (κ3) is 14.5. The maximum Gasteiger partial charge on any atom is 0.410 e. The smallest absolute Gasteiger partial charge is 0.410 e. The molecule has 2 rings (SSSR count). The van der Waals surface area contributed by atoms with Crippen molar-refractivity contribution in [2.24, 2.45) is 0 Å². The average molecular weight is 562 g/mol. The predicted molar refractivity (Wildman–Crippen MR) is 153 cm³/mol. The zero-order valence-electron chi connectivity index (χ0n) is 23.6. The fourth-order valence-electron chi connectivity index (χ4n) is 3.59. The fourth-order valence-corrected chi connectivity index (χ4v) is 4.31. The summed E-state index contributed by atoms with van der Waals surface area (Å²) in [6.45, 7) is 9.21. The van der Waals surface area contributed by atoms with Crippen LogP contribution in [0.15, 0.2) is 47.8 Å². The van der Waals surface area contributed by atoms with Crippen LogP contribution in [0.1, 0.15) is 70.2 Å². The van der Waals surface area contributed by atoms with Crippen molar-refractivity contribution in [1.29, 1.82) is 0 Å². The second kappa shape index (κ2) is 17.3. The van der Waals surface area contributed by atoms with Gasteiger partial charge in [0.15, 0.2) is 0 Å². The minimum atomic E-state index is -0.646. The number of thiophene rings is 1. The van der Waals surface area contributed by atoms with Gasteiger partial charge in [-0.3, -0.25) is 0 Å². The van der Waals surface area contributed by atoms with Crippen molar-refractivity contribution >= 4 is 29.6 Å². The number of benzene rings is 1.